The Bertz CT molecular complexity index is 729. The molecule has 0 saturated carbocycles. The first-order chi connectivity index (χ1) is 12.0. The first kappa shape index (κ1) is 18.2. The van der Waals surface area contributed by atoms with E-state index in [0.717, 1.165) is 62.2 Å². The second kappa shape index (κ2) is 8.21. The third-order valence-corrected chi connectivity index (χ3v) is 4.95. The summed E-state index contributed by atoms with van der Waals surface area (Å²) in [5, 5.41) is 4.74. The molecular weight excluding hydrogens is 357 g/mol. The number of likely N-dealkylation sites (N-methyl/N-ethyl adjacent to an activating group) is 1. The van der Waals surface area contributed by atoms with Gasteiger partial charge in [0.1, 0.15) is 17.5 Å². The Labute approximate surface area is 159 Å². The van der Waals surface area contributed by atoms with E-state index < -0.39 is 0 Å². The van der Waals surface area contributed by atoms with Crippen LogP contribution in [0, 0.1) is 6.92 Å². The first-order valence-electron chi connectivity index (χ1n) is 8.48. The number of aryl methyl sites for hydroxylation is 1. The van der Waals surface area contributed by atoms with Crippen LogP contribution in [0.1, 0.15) is 11.4 Å². The molecule has 0 spiro atoms. The van der Waals surface area contributed by atoms with Crippen molar-refractivity contribution in [2.45, 2.75) is 13.3 Å². The van der Waals surface area contributed by atoms with Crippen molar-refractivity contribution in [3.05, 3.63) is 45.7 Å². The van der Waals surface area contributed by atoms with E-state index in [2.05, 4.69) is 32.1 Å². The van der Waals surface area contributed by atoms with Crippen LogP contribution in [0.25, 0.3) is 0 Å². The number of anilines is 2. The average molecular weight is 380 g/mol. The SMILES string of the molecule is Cc1nc(NCCc2ccc(Cl)cc2Cl)cc(N2CCN(C)CC2)n1. The molecule has 0 bridgehead atoms. The van der Waals surface area contributed by atoms with E-state index in [1.165, 1.54) is 0 Å². The van der Waals surface area contributed by atoms with Crippen molar-refractivity contribution in [1.29, 1.82) is 0 Å². The molecule has 2 heterocycles. The molecule has 5 nitrogen and oxygen atoms in total. The standard InChI is InChI=1S/C18H23Cl2N5/c1-13-22-17(12-18(23-13)25-9-7-24(2)8-10-25)21-6-5-14-3-4-15(19)11-16(14)20/h3-4,11-12H,5-10H2,1-2H3,(H,21,22,23). The zero-order valence-electron chi connectivity index (χ0n) is 14.6. The Morgan fingerprint density at radius 2 is 1.84 bits per heavy atom. The highest BCUT2D eigenvalue weighted by atomic mass is 35.5. The molecule has 2 aromatic rings. The second-order valence-corrected chi connectivity index (χ2v) is 7.21. The summed E-state index contributed by atoms with van der Waals surface area (Å²) in [4.78, 5) is 13.7. The molecule has 1 fully saturated rings. The monoisotopic (exact) mass is 379 g/mol. The van der Waals surface area contributed by atoms with Gasteiger partial charge in [0.05, 0.1) is 0 Å². The number of nitrogens with zero attached hydrogens (tertiary/aromatic N) is 4. The van der Waals surface area contributed by atoms with Crippen molar-refractivity contribution in [3.8, 4) is 0 Å². The van der Waals surface area contributed by atoms with Gasteiger partial charge in [-0.1, -0.05) is 29.3 Å². The van der Waals surface area contributed by atoms with Gasteiger partial charge in [0.15, 0.2) is 0 Å². The highest BCUT2D eigenvalue weighted by Gasteiger charge is 2.16. The fraction of sp³-hybridized carbons (Fsp3) is 0.444. The minimum absolute atomic E-state index is 0.657. The molecule has 1 N–H and O–H groups in total. The van der Waals surface area contributed by atoms with Gasteiger partial charge in [-0.25, -0.2) is 9.97 Å². The lowest BCUT2D eigenvalue weighted by Gasteiger charge is -2.33. The van der Waals surface area contributed by atoms with Gasteiger partial charge in [-0.05, 0) is 38.1 Å². The van der Waals surface area contributed by atoms with E-state index in [1.54, 1.807) is 6.07 Å². The van der Waals surface area contributed by atoms with Crippen molar-refractivity contribution in [1.82, 2.24) is 14.9 Å². The molecule has 0 amide bonds. The maximum absolute atomic E-state index is 6.23. The molecule has 1 saturated heterocycles. The maximum Gasteiger partial charge on any atom is 0.134 e. The normalized spacial score (nSPS) is 15.4. The lowest BCUT2D eigenvalue weighted by atomic mass is 10.1. The van der Waals surface area contributed by atoms with E-state index in [0.29, 0.717) is 10.0 Å². The molecule has 25 heavy (non-hydrogen) atoms. The Hall–Kier alpha value is -1.56. The maximum atomic E-state index is 6.23. The smallest absolute Gasteiger partial charge is 0.134 e. The predicted molar refractivity (Wildman–Crippen MR) is 105 cm³/mol. The van der Waals surface area contributed by atoms with Gasteiger partial charge in [0.25, 0.3) is 0 Å². The Morgan fingerprint density at radius 1 is 1.08 bits per heavy atom. The zero-order valence-corrected chi connectivity index (χ0v) is 16.1. The summed E-state index contributed by atoms with van der Waals surface area (Å²) in [7, 11) is 2.15. The molecule has 3 rings (SSSR count). The summed E-state index contributed by atoms with van der Waals surface area (Å²) < 4.78 is 0. The number of halogens is 2. The van der Waals surface area contributed by atoms with Crippen molar-refractivity contribution < 1.29 is 0 Å². The molecule has 7 heteroatoms. The Balaban J connectivity index is 1.62. The zero-order chi connectivity index (χ0) is 17.8. The topological polar surface area (TPSA) is 44.3 Å². The van der Waals surface area contributed by atoms with Crippen molar-refractivity contribution >= 4 is 34.8 Å². The number of hydrogen-bond acceptors (Lipinski definition) is 5. The molecular formula is C18H23Cl2N5. The molecule has 1 aliphatic heterocycles. The summed E-state index contributed by atoms with van der Waals surface area (Å²) >= 11 is 12.2. The second-order valence-electron chi connectivity index (χ2n) is 6.36. The molecule has 0 atom stereocenters. The van der Waals surface area contributed by atoms with Crippen molar-refractivity contribution in [3.63, 3.8) is 0 Å². The first-order valence-corrected chi connectivity index (χ1v) is 9.24. The number of rotatable bonds is 5. The van der Waals surface area contributed by atoms with Crippen LogP contribution in [0.5, 0.6) is 0 Å². The van der Waals surface area contributed by atoms with Crippen LogP contribution in [0.2, 0.25) is 10.0 Å². The van der Waals surface area contributed by atoms with Gasteiger partial charge in [0.2, 0.25) is 0 Å². The van der Waals surface area contributed by atoms with Crippen LogP contribution in [0.15, 0.2) is 24.3 Å². The van der Waals surface area contributed by atoms with E-state index in [4.69, 9.17) is 23.2 Å². The summed E-state index contributed by atoms with van der Waals surface area (Å²) in [5.41, 5.74) is 1.07. The van der Waals surface area contributed by atoms with E-state index >= 15 is 0 Å². The van der Waals surface area contributed by atoms with Crippen LogP contribution in [0.4, 0.5) is 11.6 Å². The molecule has 1 aromatic carbocycles. The van der Waals surface area contributed by atoms with Gasteiger partial charge in [-0.15, -0.1) is 0 Å². The highest BCUT2D eigenvalue weighted by molar-refractivity contribution is 6.35. The minimum Gasteiger partial charge on any atom is -0.370 e. The Morgan fingerprint density at radius 3 is 2.56 bits per heavy atom. The predicted octanol–water partition coefficient (Wildman–Crippen LogP) is 3.50. The lowest BCUT2D eigenvalue weighted by molar-refractivity contribution is 0.312. The van der Waals surface area contributed by atoms with Crippen LogP contribution in [-0.4, -0.2) is 54.6 Å². The van der Waals surface area contributed by atoms with Gasteiger partial charge < -0.3 is 15.1 Å². The minimum atomic E-state index is 0.657. The van der Waals surface area contributed by atoms with Gasteiger partial charge in [-0.2, -0.15) is 0 Å². The molecule has 134 valence electrons. The summed E-state index contributed by atoms with van der Waals surface area (Å²) in [6.45, 7) is 6.78. The van der Waals surface area contributed by atoms with E-state index in [9.17, 15) is 0 Å². The fourth-order valence-corrected chi connectivity index (χ4v) is 3.39. The molecule has 0 radical (unpaired) electrons. The van der Waals surface area contributed by atoms with Gasteiger partial charge in [0, 0.05) is 48.8 Å². The van der Waals surface area contributed by atoms with Crippen molar-refractivity contribution in [2.75, 3.05) is 50.0 Å². The van der Waals surface area contributed by atoms with Crippen LogP contribution in [0.3, 0.4) is 0 Å². The average Bonchev–Trinajstić information content (AvgIpc) is 2.57. The van der Waals surface area contributed by atoms with Crippen molar-refractivity contribution in [2.24, 2.45) is 0 Å². The third kappa shape index (κ3) is 4.97. The number of aromatic nitrogens is 2. The largest absolute Gasteiger partial charge is 0.370 e. The summed E-state index contributed by atoms with van der Waals surface area (Å²) in [6, 6.07) is 7.64. The number of benzene rings is 1. The summed E-state index contributed by atoms with van der Waals surface area (Å²) in [6.07, 6.45) is 0.808. The van der Waals surface area contributed by atoms with E-state index in [-0.39, 0.29) is 0 Å². The number of piperazine rings is 1. The van der Waals surface area contributed by atoms with Crippen LogP contribution in [-0.2, 0) is 6.42 Å². The quantitative estimate of drug-likeness (QED) is 0.860. The summed E-state index contributed by atoms with van der Waals surface area (Å²) in [5.74, 6) is 2.63. The highest BCUT2D eigenvalue weighted by Crippen LogP contribution is 2.22. The molecule has 0 unspecified atom stereocenters. The fourth-order valence-electron chi connectivity index (χ4n) is 2.89. The number of hydrogen-bond donors (Lipinski definition) is 1. The number of nitrogens with one attached hydrogen (secondary N) is 1. The van der Waals surface area contributed by atoms with Gasteiger partial charge >= 0.3 is 0 Å². The molecule has 1 aromatic heterocycles. The van der Waals surface area contributed by atoms with Crippen LogP contribution < -0.4 is 10.2 Å². The Kier molecular flexibility index (Phi) is 5.99. The van der Waals surface area contributed by atoms with Gasteiger partial charge in [-0.3, -0.25) is 0 Å². The molecule has 0 aliphatic carbocycles. The third-order valence-electron chi connectivity index (χ3n) is 4.37. The molecule has 1 aliphatic rings. The lowest BCUT2D eigenvalue weighted by Crippen LogP contribution is -2.44. The van der Waals surface area contributed by atoms with E-state index in [1.807, 2.05) is 25.1 Å². The van der Waals surface area contributed by atoms with Crippen LogP contribution >= 0.6 is 23.2 Å².